The lowest BCUT2D eigenvalue weighted by Crippen LogP contribution is -2.48. The molecular weight excluding hydrogens is 472 g/mol. The minimum atomic E-state index is -0.935. The topological polar surface area (TPSA) is 134 Å². The maximum Gasteiger partial charge on any atom is 0.414 e. The van der Waals surface area contributed by atoms with Gasteiger partial charge < -0.3 is 26.2 Å². The molecule has 0 aliphatic heterocycles. The van der Waals surface area contributed by atoms with Crippen molar-refractivity contribution < 1.29 is 24.2 Å². The van der Waals surface area contributed by atoms with E-state index in [9.17, 15) is 19.5 Å². The van der Waals surface area contributed by atoms with Crippen molar-refractivity contribution in [2.24, 2.45) is 5.73 Å². The molecule has 0 saturated heterocycles. The average Bonchev–Trinajstić information content (AvgIpc) is 3.29. The van der Waals surface area contributed by atoms with Crippen LogP contribution in [0, 0.1) is 0 Å². The molecule has 0 saturated carbocycles. The molecule has 4 amide bonds. The molecule has 3 aromatic carbocycles. The van der Waals surface area contributed by atoms with E-state index in [0.717, 1.165) is 22.3 Å². The van der Waals surface area contributed by atoms with Gasteiger partial charge >= 0.3 is 12.1 Å². The van der Waals surface area contributed by atoms with E-state index in [-0.39, 0.29) is 19.6 Å². The number of aliphatic hydroxyl groups is 1. The summed E-state index contributed by atoms with van der Waals surface area (Å²) in [6, 6.07) is 18.9. The zero-order chi connectivity index (χ0) is 26.4. The van der Waals surface area contributed by atoms with Crippen LogP contribution in [0.5, 0.6) is 0 Å². The first-order valence-corrected chi connectivity index (χ1v) is 12.0. The molecule has 0 aromatic heterocycles. The van der Waals surface area contributed by atoms with E-state index >= 15 is 0 Å². The number of nitrogens with zero attached hydrogens (tertiary/aromatic N) is 1. The third-order valence-electron chi connectivity index (χ3n) is 6.43. The number of methoxy groups -OCH3 is 1. The van der Waals surface area contributed by atoms with Gasteiger partial charge in [-0.05, 0) is 58.9 Å². The highest BCUT2D eigenvalue weighted by Gasteiger charge is 2.35. The van der Waals surface area contributed by atoms with Gasteiger partial charge in [-0.15, -0.1) is 0 Å². The number of carbonyl (C=O) groups is 3. The molecule has 1 atom stereocenters. The van der Waals surface area contributed by atoms with E-state index in [1.54, 1.807) is 24.3 Å². The Balaban J connectivity index is 1.70. The fourth-order valence-corrected chi connectivity index (χ4v) is 4.66. The van der Waals surface area contributed by atoms with E-state index < -0.39 is 24.1 Å². The Morgan fingerprint density at radius 2 is 1.76 bits per heavy atom. The molecule has 1 aliphatic rings. The second kappa shape index (κ2) is 11.6. The van der Waals surface area contributed by atoms with Gasteiger partial charge in [0.1, 0.15) is 6.04 Å². The number of hydrogen-bond donors (Lipinski definition) is 4. The number of primary amides is 1. The minimum absolute atomic E-state index is 0.110. The van der Waals surface area contributed by atoms with Gasteiger partial charge in [-0.3, -0.25) is 9.69 Å². The first kappa shape index (κ1) is 25.7. The SMILES string of the molecule is COC(=O)N(c1cccc2c1Cc1ccccc1-2)[C@@H](CCCNC(N)=O)C(=O)Nc1ccc(CO)cc1. The van der Waals surface area contributed by atoms with Crippen LogP contribution >= 0.6 is 0 Å². The number of urea groups is 1. The van der Waals surface area contributed by atoms with Crippen molar-refractivity contribution in [1.82, 2.24) is 5.32 Å². The summed E-state index contributed by atoms with van der Waals surface area (Å²) < 4.78 is 5.15. The fourth-order valence-electron chi connectivity index (χ4n) is 4.66. The van der Waals surface area contributed by atoms with Crippen molar-refractivity contribution in [3.63, 3.8) is 0 Å². The van der Waals surface area contributed by atoms with Crippen molar-refractivity contribution in [2.75, 3.05) is 23.9 Å². The quantitative estimate of drug-likeness (QED) is 0.259. The third kappa shape index (κ3) is 5.73. The second-order valence-electron chi connectivity index (χ2n) is 8.77. The van der Waals surface area contributed by atoms with Crippen molar-refractivity contribution in [1.29, 1.82) is 0 Å². The predicted molar refractivity (Wildman–Crippen MR) is 141 cm³/mol. The molecule has 3 aromatic rings. The van der Waals surface area contributed by atoms with Crippen LogP contribution in [-0.4, -0.2) is 42.8 Å². The molecule has 1 aliphatic carbocycles. The smallest absolute Gasteiger partial charge is 0.414 e. The van der Waals surface area contributed by atoms with E-state index in [2.05, 4.69) is 16.7 Å². The molecule has 4 rings (SSSR count). The van der Waals surface area contributed by atoms with Gasteiger partial charge in [-0.1, -0.05) is 48.5 Å². The number of ether oxygens (including phenoxy) is 1. The van der Waals surface area contributed by atoms with Crippen LogP contribution in [0.3, 0.4) is 0 Å². The Kier molecular flexibility index (Phi) is 8.05. The Labute approximate surface area is 215 Å². The van der Waals surface area contributed by atoms with Crippen LogP contribution in [0.2, 0.25) is 0 Å². The van der Waals surface area contributed by atoms with Gasteiger partial charge in [-0.25, -0.2) is 9.59 Å². The molecule has 0 heterocycles. The highest BCUT2D eigenvalue weighted by molar-refractivity contribution is 6.04. The number of amides is 4. The molecule has 9 heteroatoms. The summed E-state index contributed by atoms with van der Waals surface area (Å²) in [5.74, 6) is -0.408. The van der Waals surface area contributed by atoms with Gasteiger partial charge in [0.15, 0.2) is 0 Å². The lowest BCUT2D eigenvalue weighted by atomic mass is 10.0. The van der Waals surface area contributed by atoms with Gasteiger partial charge in [0.25, 0.3) is 0 Å². The maximum absolute atomic E-state index is 13.6. The molecular formula is C28H30N4O5. The lowest BCUT2D eigenvalue weighted by Gasteiger charge is -2.31. The van der Waals surface area contributed by atoms with Crippen molar-refractivity contribution in [3.8, 4) is 11.1 Å². The zero-order valence-electron chi connectivity index (χ0n) is 20.6. The number of nitrogens with one attached hydrogen (secondary N) is 2. The predicted octanol–water partition coefficient (Wildman–Crippen LogP) is 3.78. The number of anilines is 2. The normalized spacial score (nSPS) is 12.2. The number of fused-ring (bicyclic) bond motifs is 3. The summed E-state index contributed by atoms with van der Waals surface area (Å²) in [4.78, 5) is 39.4. The fraction of sp³-hybridized carbons (Fsp3) is 0.250. The first-order valence-electron chi connectivity index (χ1n) is 12.0. The third-order valence-corrected chi connectivity index (χ3v) is 6.43. The van der Waals surface area contributed by atoms with Gasteiger partial charge in [0.05, 0.1) is 19.4 Å². The highest BCUT2D eigenvalue weighted by atomic mass is 16.5. The van der Waals surface area contributed by atoms with Crippen LogP contribution in [-0.2, 0) is 22.6 Å². The Morgan fingerprint density at radius 1 is 1.03 bits per heavy atom. The molecule has 0 bridgehead atoms. The Hall–Kier alpha value is -4.37. The zero-order valence-corrected chi connectivity index (χ0v) is 20.6. The van der Waals surface area contributed by atoms with Crippen molar-refractivity contribution >= 4 is 29.4 Å². The molecule has 0 spiro atoms. The number of aliphatic hydroxyl groups excluding tert-OH is 1. The monoisotopic (exact) mass is 502 g/mol. The number of nitrogens with two attached hydrogens (primary N) is 1. The number of carbonyl (C=O) groups excluding carboxylic acids is 3. The maximum atomic E-state index is 13.6. The van der Waals surface area contributed by atoms with Crippen LogP contribution in [0.1, 0.15) is 29.5 Å². The number of hydrogen-bond acceptors (Lipinski definition) is 5. The molecule has 37 heavy (non-hydrogen) atoms. The summed E-state index contributed by atoms with van der Waals surface area (Å²) in [5, 5.41) is 14.7. The van der Waals surface area contributed by atoms with Gasteiger partial charge in [0, 0.05) is 18.7 Å². The lowest BCUT2D eigenvalue weighted by molar-refractivity contribution is -0.117. The van der Waals surface area contributed by atoms with Crippen molar-refractivity contribution in [2.45, 2.75) is 31.9 Å². The van der Waals surface area contributed by atoms with Crippen LogP contribution < -0.4 is 21.3 Å². The number of rotatable bonds is 9. The molecule has 0 fully saturated rings. The molecule has 0 unspecified atom stereocenters. The summed E-state index contributed by atoms with van der Waals surface area (Å²) in [5.41, 5.74) is 11.2. The molecule has 192 valence electrons. The Morgan fingerprint density at radius 3 is 2.46 bits per heavy atom. The van der Waals surface area contributed by atoms with Crippen LogP contribution in [0.4, 0.5) is 21.0 Å². The summed E-state index contributed by atoms with van der Waals surface area (Å²) in [6.07, 6.45) is 0.595. The molecule has 0 radical (unpaired) electrons. The van der Waals surface area contributed by atoms with E-state index in [0.29, 0.717) is 29.8 Å². The Bertz CT molecular complexity index is 1290. The van der Waals surface area contributed by atoms with Crippen molar-refractivity contribution in [3.05, 3.63) is 83.4 Å². The van der Waals surface area contributed by atoms with Gasteiger partial charge in [-0.2, -0.15) is 0 Å². The summed E-state index contributed by atoms with van der Waals surface area (Å²) in [6.45, 7) is 0.138. The van der Waals surface area contributed by atoms with E-state index in [1.165, 1.54) is 12.0 Å². The van der Waals surface area contributed by atoms with Crippen LogP contribution in [0.15, 0.2) is 66.7 Å². The molecule has 5 N–H and O–H groups in total. The average molecular weight is 503 g/mol. The summed E-state index contributed by atoms with van der Waals surface area (Å²) >= 11 is 0. The van der Waals surface area contributed by atoms with Crippen LogP contribution in [0.25, 0.3) is 11.1 Å². The standard InChI is InChI=1S/C28H30N4O5/c1-37-28(36)32(24-9-4-8-22-21-7-3-2-6-19(21)16-23(22)24)25(10-5-15-30-27(29)35)26(34)31-20-13-11-18(17-33)12-14-20/h2-4,6-9,11-14,25,33H,5,10,15-17H2,1H3,(H,31,34)(H3,29,30,35)/t25-/m0/s1. The summed E-state index contributed by atoms with van der Waals surface area (Å²) in [7, 11) is 1.28. The second-order valence-corrected chi connectivity index (χ2v) is 8.77. The largest absolute Gasteiger partial charge is 0.452 e. The van der Waals surface area contributed by atoms with Gasteiger partial charge in [0.2, 0.25) is 5.91 Å². The highest BCUT2D eigenvalue weighted by Crippen LogP contribution is 2.42. The van der Waals surface area contributed by atoms with E-state index in [4.69, 9.17) is 10.5 Å². The minimum Gasteiger partial charge on any atom is -0.452 e. The first-order chi connectivity index (χ1) is 17.9. The molecule has 9 nitrogen and oxygen atoms in total. The number of benzene rings is 3. The van der Waals surface area contributed by atoms with E-state index in [1.807, 2.05) is 36.4 Å².